The van der Waals surface area contributed by atoms with Crippen LogP contribution >= 0.6 is 11.8 Å². The molecule has 0 bridgehead atoms. The molecule has 1 saturated heterocycles. The molecular weight excluding hydrogens is 445 g/mol. The van der Waals surface area contributed by atoms with Gasteiger partial charge in [-0.15, -0.1) is 11.8 Å². The second kappa shape index (κ2) is 8.62. The number of ether oxygens (including phenoxy) is 1. The average molecular weight is 471 g/mol. The molecule has 0 unspecified atom stereocenters. The summed E-state index contributed by atoms with van der Waals surface area (Å²) in [7, 11) is 0. The maximum absolute atomic E-state index is 12.6. The van der Waals surface area contributed by atoms with Crippen LogP contribution in [0.3, 0.4) is 0 Å². The van der Waals surface area contributed by atoms with Crippen LogP contribution in [0.2, 0.25) is 0 Å². The number of benzene rings is 2. The highest BCUT2D eigenvalue weighted by molar-refractivity contribution is 8.00. The van der Waals surface area contributed by atoms with Crippen molar-refractivity contribution in [3.8, 4) is 0 Å². The molecular formula is C23H25F3O5S. The van der Waals surface area contributed by atoms with Gasteiger partial charge in [-0.3, -0.25) is 0 Å². The van der Waals surface area contributed by atoms with Crippen molar-refractivity contribution < 1.29 is 38.3 Å². The minimum Gasteiger partial charge on any atom is -0.395 e. The van der Waals surface area contributed by atoms with E-state index in [4.69, 9.17) is 4.74 Å². The number of hydrogen-bond donors (Lipinski definition) is 4. The summed E-state index contributed by atoms with van der Waals surface area (Å²) in [4.78, 5) is -1.32. The Balaban J connectivity index is 1.64. The summed E-state index contributed by atoms with van der Waals surface area (Å²) < 4.78 is 43.7. The number of aliphatic hydroxyl groups excluding tert-OH is 4. The van der Waals surface area contributed by atoms with Crippen LogP contribution in [0.5, 0.6) is 0 Å². The van der Waals surface area contributed by atoms with Crippen molar-refractivity contribution in [1.82, 2.24) is 0 Å². The Morgan fingerprint density at radius 1 is 1.06 bits per heavy atom. The lowest BCUT2D eigenvalue weighted by atomic mass is 9.89. The normalized spacial score (nSPS) is 30.0. The Hall–Kier alpha value is -1.62. The Morgan fingerprint density at radius 3 is 2.34 bits per heavy atom. The molecule has 5 atom stereocenters. The van der Waals surface area contributed by atoms with Crippen molar-refractivity contribution in [2.75, 3.05) is 6.61 Å². The fraction of sp³-hybridized carbons (Fsp3) is 0.478. The van der Waals surface area contributed by atoms with E-state index >= 15 is 0 Å². The Labute approximate surface area is 187 Å². The molecule has 0 aliphatic carbocycles. The van der Waals surface area contributed by atoms with Crippen molar-refractivity contribution >= 4 is 11.8 Å². The van der Waals surface area contributed by atoms with Gasteiger partial charge in [0.15, 0.2) is 4.93 Å². The summed E-state index contributed by atoms with van der Waals surface area (Å²) >= 11 is 1.09. The lowest BCUT2D eigenvalue weighted by molar-refractivity contribution is -0.147. The standard InChI is InChI=1S/C23H25F3O5S/c1-12-6-16-11-31-23(21(30)20(29)19(28)18(10-27)32-23)17(16)8-15(12)7-13-2-4-14(5-3-13)9-22(24,25)26/h2-6,8,18-21,27-30H,7,9-11H2,1H3/t18-,19-,20+,21-,23+/m1/s1. The monoisotopic (exact) mass is 470 g/mol. The lowest BCUT2D eigenvalue weighted by Gasteiger charge is -2.45. The zero-order valence-electron chi connectivity index (χ0n) is 17.3. The second-order valence-electron chi connectivity index (χ2n) is 8.44. The van der Waals surface area contributed by atoms with Gasteiger partial charge in [0.2, 0.25) is 0 Å². The summed E-state index contributed by atoms with van der Waals surface area (Å²) in [6.07, 6.45) is -8.93. The number of aliphatic hydroxyl groups is 4. The average Bonchev–Trinajstić information content (AvgIpc) is 3.08. The van der Waals surface area contributed by atoms with Gasteiger partial charge in [0.1, 0.15) is 12.2 Å². The first-order chi connectivity index (χ1) is 15.0. The number of aryl methyl sites for hydroxylation is 1. The molecule has 4 N–H and O–H groups in total. The maximum Gasteiger partial charge on any atom is 0.393 e. The Kier molecular flexibility index (Phi) is 6.34. The fourth-order valence-corrected chi connectivity index (χ4v) is 5.97. The lowest BCUT2D eigenvalue weighted by Crippen LogP contribution is -2.58. The molecule has 32 heavy (non-hydrogen) atoms. The quantitative estimate of drug-likeness (QED) is 0.549. The zero-order chi connectivity index (χ0) is 23.3. The first-order valence-corrected chi connectivity index (χ1v) is 11.2. The molecule has 1 spiro atoms. The molecule has 4 rings (SSSR count). The van der Waals surface area contributed by atoms with Crippen molar-refractivity contribution in [2.24, 2.45) is 0 Å². The van der Waals surface area contributed by atoms with Crippen LogP contribution in [0.4, 0.5) is 13.2 Å². The van der Waals surface area contributed by atoms with Gasteiger partial charge >= 0.3 is 6.18 Å². The number of alkyl halides is 3. The van der Waals surface area contributed by atoms with E-state index in [0.29, 0.717) is 12.0 Å². The molecule has 2 heterocycles. The van der Waals surface area contributed by atoms with Crippen LogP contribution in [0.25, 0.3) is 0 Å². The molecule has 0 amide bonds. The van der Waals surface area contributed by atoms with E-state index in [-0.39, 0.29) is 18.8 Å². The number of halogens is 3. The van der Waals surface area contributed by atoms with Gasteiger partial charge in [-0.1, -0.05) is 36.4 Å². The van der Waals surface area contributed by atoms with E-state index in [2.05, 4.69) is 0 Å². The van der Waals surface area contributed by atoms with Crippen molar-refractivity contribution in [1.29, 1.82) is 0 Å². The van der Waals surface area contributed by atoms with Crippen molar-refractivity contribution in [2.45, 2.75) is 61.0 Å². The third-order valence-electron chi connectivity index (χ3n) is 6.15. The van der Waals surface area contributed by atoms with Crippen molar-refractivity contribution in [3.63, 3.8) is 0 Å². The molecule has 2 aromatic carbocycles. The largest absolute Gasteiger partial charge is 0.395 e. The fourth-order valence-electron chi connectivity index (χ4n) is 4.42. The molecule has 2 aliphatic heterocycles. The predicted octanol–water partition coefficient (Wildman–Crippen LogP) is 2.56. The minimum absolute atomic E-state index is 0.198. The number of rotatable bonds is 4. The Morgan fingerprint density at radius 2 is 1.72 bits per heavy atom. The summed E-state index contributed by atoms with van der Waals surface area (Å²) in [6, 6.07) is 10.1. The minimum atomic E-state index is -4.25. The summed E-state index contributed by atoms with van der Waals surface area (Å²) in [5.74, 6) is 0. The van der Waals surface area contributed by atoms with E-state index < -0.39 is 41.1 Å². The van der Waals surface area contributed by atoms with Crippen LogP contribution in [-0.2, 0) is 29.1 Å². The summed E-state index contributed by atoms with van der Waals surface area (Å²) in [5, 5.41) is 40.3. The molecule has 2 aliphatic rings. The summed E-state index contributed by atoms with van der Waals surface area (Å²) in [5.41, 5.74) is 4.44. The van der Waals surface area contributed by atoms with Crippen molar-refractivity contribution in [3.05, 3.63) is 69.8 Å². The molecule has 9 heteroatoms. The first-order valence-electron chi connectivity index (χ1n) is 10.3. The number of thioether (sulfide) groups is 1. The van der Waals surface area contributed by atoms with Gasteiger partial charge < -0.3 is 25.2 Å². The van der Waals surface area contributed by atoms with E-state index in [1.807, 2.05) is 19.1 Å². The van der Waals surface area contributed by atoms with Crippen LogP contribution < -0.4 is 0 Å². The molecule has 0 aromatic heterocycles. The van der Waals surface area contributed by atoms with E-state index in [0.717, 1.165) is 34.0 Å². The van der Waals surface area contributed by atoms with Gasteiger partial charge in [-0.25, -0.2) is 0 Å². The summed E-state index contributed by atoms with van der Waals surface area (Å²) in [6.45, 7) is 1.75. The van der Waals surface area contributed by atoms with Crippen LogP contribution in [-0.4, -0.2) is 56.8 Å². The van der Waals surface area contributed by atoms with E-state index in [1.54, 1.807) is 12.1 Å². The van der Waals surface area contributed by atoms with Crippen LogP contribution in [0.1, 0.15) is 33.4 Å². The first kappa shape index (κ1) is 23.5. The van der Waals surface area contributed by atoms with E-state index in [1.165, 1.54) is 12.1 Å². The molecule has 174 valence electrons. The van der Waals surface area contributed by atoms with Crippen LogP contribution in [0.15, 0.2) is 36.4 Å². The number of hydrogen-bond acceptors (Lipinski definition) is 6. The molecule has 5 nitrogen and oxygen atoms in total. The maximum atomic E-state index is 12.6. The third-order valence-corrected chi connectivity index (χ3v) is 7.81. The van der Waals surface area contributed by atoms with Gasteiger partial charge in [-0.05, 0) is 41.2 Å². The Bertz CT molecular complexity index is 979. The van der Waals surface area contributed by atoms with Gasteiger partial charge in [0.25, 0.3) is 0 Å². The highest BCUT2D eigenvalue weighted by Gasteiger charge is 2.57. The highest BCUT2D eigenvalue weighted by Crippen LogP contribution is 2.54. The molecule has 0 radical (unpaired) electrons. The van der Waals surface area contributed by atoms with E-state index in [9.17, 15) is 33.6 Å². The van der Waals surface area contributed by atoms with Gasteiger partial charge in [-0.2, -0.15) is 13.2 Å². The highest BCUT2D eigenvalue weighted by atomic mass is 32.2. The zero-order valence-corrected chi connectivity index (χ0v) is 18.2. The predicted molar refractivity (Wildman–Crippen MR) is 113 cm³/mol. The molecule has 1 fully saturated rings. The van der Waals surface area contributed by atoms with Gasteiger partial charge in [0.05, 0.1) is 31.0 Å². The van der Waals surface area contributed by atoms with Gasteiger partial charge in [0, 0.05) is 5.56 Å². The SMILES string of the molecule is Cc1cc2c(cc1Cc1ccc(CC(F)(F)F)cc1)[C@]1(OC2)S[C@H](CO)[C@@H](O)[C@H](O)[C@H]1O. The smallest absolute Gasteiger partial charge is 0.393 e. The molecule has 0 saturated carbocycles. The second-order valence-corrected chi connectivity index (χ2v) is 9.89. The third kappa shape index (κ3) is 4.30. The topological polar surface area (TPSA) is 90.2 Å². The van der Waals surface area contributed by atoms with Crippen LogP contribution in [0, 0.1) is 6.92 Å². The molecule has 2 aromatic rings. The number of fused-ring (bicyclic) bond motifs is 2.